The molecule has 0 unspecified atom stereocenters. The van der Waals surface area contributed by atoms with Crippen LogP contribution in [0.4, 0.5) is 0 Å². The first-order chi connectivity index (χ1) is 11.4. The fourth-order valence-electron chi connectivity index (χ4n) is 2.38. The van der Waals surface area contributed by atoms with Crippen LogP contribution in [-0.2, 0) is 0 Å². The van der Waals surface area contributed by atoms with Crippen molar-refractivity contribution in [2.24, 2.45) is 16.6 Å². The fraction of sp³-hybridized carbons (Fsp3) is 0.368. The van der Waals surface area contributed by atoms with Crippen molar-refractivity contribution in [2.45, 2.75) is 33.6 Å². The molecule has 0 bridgehead atoms. The lowest BCUT2D eigenvalue weighted by molar-refractivity contribution is 0.595. The lowest BCUT2D eigenvalue weighted by Crippen LogP contribution is -2.17. The smallest absolute Gasteiger partial charge is 0.118 e. The van der Waals surface area contributed by atoms with E-state index in [0.717, 1.165) is 23.3 Å². The number of nitrogens with one attached hydrogen (secondary N) is 1. The van der Waals surface area contributed by atoms with Gasteiger partial charge in [-0.15, -0.1) is 0 Å². The van der Waals surface area contributed by atoms with Crippen LogP contribution in [0.25, 0.3) is 11.2 Å². The predicted molar refractivity (Wildman–Crippen MR) is 102 cm³/mol. The van der Waals surface area contributed by atoms with Gasteiger partial charge < -0.3 is 11.1 Å². The number of nitrogens with two attached hydrogens (primary N) is 1. The van der Waals surface area contributed by atoms with Crippen LogP contribution >= 0.6 is 0 Å². The van der Waals surface area contributed by atoms with Gasteiger partial charge in [0.25, 0.3) is 0 Å². The number of rotatable bonds is 7. The number of hydrogen-bond donors (Lipinski definition) is 2. The molecule has 0 aromatic carbocycles. The lowest BCUT2D eigenvalue weighted by atomic mass is 10.0. The molecule has 0 saturated carbocycles. The van der Waals surface area contributed by atoms with Crippen molar-refractivity contribution >= 4 is 17.4 Å². The molecule has 0 radical (unpaired) electrons. The highest BCUT2D eigenvalue weighted by Gasteiger charge is 2.16. The van der Waals surface area contributed by atoms with Crippen molar-refractivity contribution < 1.29 is 0 Å². The molecule has 0 spiro atoms. The molecule has 2 aromatic heterocycles. The maximum atomic E-state index is 6.32. The zero-order valence-electron chi connectivity index (χ0n) is 15.0. The van der Waals surface area contributed by atoms with E-state index in [1.165, 1.54) is 0 Å². The molecule has 2 aromatic rings. The first-order valence-corrected chi connectivity index (χ1v) is 8.30. The van der Waals surface area contributed by atoms with Crippen LogP contribution in [0.5, 0.6) is 0 Å². The number of aromatic nitrogens is 2. The summed E-state index contributed by atoms with van der Waals surface area (Å²) in [4.78, 5) is 4.29. The van der Waals surface area contributed by atoms with Crippen LogP contribution in [0.3, 0.4) is 0 Å². The molecule has 5 nitrogen and oxygen atoms in total. The second-order valence-corrected chi connectivity index (χ2v) is 6.57. The van der Waals surface area contributed by atoms with Crippen LogP contribution in [0, 0.1) is 5.92 Å². The highest BCUT2D eigenvalue weighted by Crippen LogP contribution is 2.26. The van der Waals surface area contributed by atoms with Gasteiger partial charge in [-0.25, -0.2) is 9.51 Å². The second-order valence-electron chi connectivity index (χ2n) is 6.57. The van der Waals surface area contributed by atoms with E-state index < -0.39 is 0 Å². The van der Waals surface area contributed by atoms with Crippen LogP contribution < -0.4 is 11.1 Å². The Bertz CT molecular complexity index is 765. The van der Waals surface area contributed by atoms with Gasteiger partial charge in [0.05, 0.1) is 11.2 Å². The van der Waals surface area contributed by atoms with Gasteiger partial charge in [0.15, 0.2) is 0 Å². The lowest BCUT2D eigenvalue weighted by Gasteiger charge is -2.07. The topological polar surface area (TPSA) is 67.7 Å². The minimum Gasteiger partial charge on any atom is -0.398 e. The third-order valence-electron chi connectivity index (χ3n) is 3.60. The molecular weight excluding hydrogens is 298 g/mol. The van der Waals surface area contributed by atoms with Gasteiger partial charge in [0.1, 0.15) is 5.82 Å². The Morgan fingerprint density at radius 1 is 1.38 bits per heavy atom. The van der Waals surface area contributed by atoms with E-state index in [9.17, 15) is 0 Å². The molecule has 3 N–H and O–H groups in total. The summed E-state index contributed by atoms with van der Waals surface area (Å²) in [6.45, 7) is 13.2. The molecule has 0 saturated heterocycles. The van der Waals surface area contributed by atoms with Gasteiger partial charge >= 0.3 is 0 Å². The molecule has 128 valence electrons. The molecule has 2 rings (SSSR count). The first kappa shape index (κ1) is 17.8. The average Bonchev–Trinajstić information content (AvgIpc) is 2.92. The SMILES string of the molecule is C=C(/N=C\C=C(/N)c1c(C(C)C)nn2ccccc12)NCC(C)C. The van der Waals surface area contributed by atoms with Gasteiger partial charge in [0, 0.05) is 30.2 Å². The van der Waals surface area contributed by atoms with Crippen LogP contribution in [0.2, 0.25) is 0 Å². The van der Waals surface area contributed by atoms with Crippen molar-refractivity contribution in [3.63, 3.8) is 0 Å². The summed E-state index contributed by atoms with van der Waals surface area (Å²) in [5, 5.41) is 7.82. The van der Waals surface area contributed by atoms with Gasteiger partial charge in [-0.3, -0.25) is 0 Å². The van der Waals surface area contributed by atoms with E-state index in [2.05, 4.69) is 49.7 Å². The molecule has 0 fully saturated rings. The number of hydrogen-bond acceptors (Lipinski definition) is 4. The van der Waals surface area contributed by atoms with Gasteiger partial charge in [-0.05, 0) is 30.0 Å². The number of allylic oxidation sites excluding steroid dienone is 1. The highest BCUT2D eigenvalue weighted by atomic mass is 15.2. The first-order valence-electron chi connectivity index (χ1n) is 8.30. The van der Waals surface area contributed by atoms with Crippen LogP contribution in [-0.4, -0.2) is 22.4 Å². The number of nitrogens with zero attached hydrogens (tertiary/aromatic N) is 3. The summed E-state index contributed by atoms with van der Waals surface area (Å²) < 4.78 is 1.87. The average molecular weight is 325 g/mol. The van der Waals surface area contributed by atoms with E-state index in [0.29, 0.717) is 17.4 Å². The quantitative estimate of drug-likeness (QED) is 0.765. The molecule has 0 atom stereocenters. The Morgan fingerprint density at radius 3 is 2.79 bits per heavy atom. The zero-order valence-corrected chi connectivity index (χ0v) is 15.0. The van der Waals surface area contributed by atoms with Gasteiger partial charge in [-0.1, -0.05) is 40.3 Å². The molecule has 5 heteroatoms. The van der Waals surface area contributed by atoms with Gasteiger partial charge in [-0.2, -0.15) is 5.10 Å². The summed E-state index contributed by atoms with van der Waals surface area (Å²) in [6, 6.07) is 5.97. The van der Waals surface area contributed by atoms with Crippen LogP contribution in [0.1, 0.15) is 44.9 Å². The van der Waals surface area contributed by atoms with E-state index in [1.807, 2.05) is 28.9 Å². The van der Waals surface area contributed by atoms with Gasteiger partial charge in [0.2, 0.25) is 0 Å². The summed E-state index contributed by atoms with van der Waals surface area (Å²) in [5.74, 6) is 1.47. The standard InChI is InChI=1S/C19H27N5/c1-13(2)12-22-15(5)21-10-9-16(20)18-17-8-6-7-11-24(17)23-19(18)14(3)4/h6-11,13-14,22H,5,12,20H2,1-4H3/b16-9-,21-10-. The third kappa shape index (κ3) is 4.25. The third-order valence-corrected chi connectivity index (χ3v) is 3.60. The monoisotopic (exact) mass is 325 g/mol. The number of pyridine rings is 1. The Morgan fingerprint density at radius 2 is 2.12 bits per heavy atom. The highest BCUT2D eigenvalue weighted by molar-refractivity contribution is 5.89. The molecule has 0 amide bonds. The van der Waals surface area contributed by atoms with Crippen molar-refractivity contribution in [1.82, 2.24) is 14.9 Å². The largest absolute Gasteiger partial charge is 0.398 e. The van der Waals surface area contributed by atoms with E-state index >= 15 is 0 Å². The predicted octanol–water partition coefficient (Wildman–Crippen LogP) is 3.54. The molecule has 2 heterocycles. The summed E-state index contributed by atoms with van der Waals surface area (Å²) in [7, 11) is 0. The van der Waals surface area contributed by atoms with E-state index in [4.69, 9.17) is 5.73 Å². The molecule has 0 aliphatic heterocycles. The normalized spacial score (nSPS) is 12.7. The molecular formula is C19H27N5. The summed E-state index contributed by atoms with van der Waals surface area (Å²) in [6.07, 6.45) is 5.42. The zero-order chi connectivity index (χ0) is 17.7. The Hall–Kier alpha value is -2.56. The Labute approximate surface area is 144 Å². The Kier molecular flexibility index (Phi) is 5.79. The van der Waals surface area contributed by atoms with Crippen molar-refractivity contribution in [1.29, 1.82) is 0 Å². The summed E-state index contributed by atoms with van der Waals surface area (Å²) in [5.41, 5.74) is 9.93. The van der Waals surface area contributed by atoms with Crippen molar-refractivity contribution in [2.75, 3.05) is 6.54 Å². The molecule has 0 aliphatic rings. The number of aliphatic imine (C=N–C) groups is 1. The maximum absolute atomic E-state index is 6.32. The van der Waals surface area contributed by atoms with Crippen LogP contribution in [0.15, 0.2) is 47.9 Å². The minimum atomic E-state index is 0.284. The molecule has 0 aliphatic carbocycles. The fourth-order valence-corrected chi connectivity index (χ4v) is 2.38. The number of fused-ring (bicyclic) bond motifs is 1. The van der Waals surface area contributed by atoms with Crippen molar-refractivity contribution in [3.8, 4) is 0 Å². The summed E-state index contributed by atoms with van der Waals surface area (Å²) >= 11 is 0. The Balaban J connectivity index is 2.25. The maximum Gasteiger partial charge on any atom is 0.118 e. The minimum absolute atomic E-state index is 0.284. The molecule has 24 heavy (non-hydrogen) atoms. The van der Waals surface area contributed by atoms with E-state index in [1.54, 1.807) is 12.3 Å². The second kappa shape index (κ2) is 7.81. The van der Waals surface area contributed by atoms with Crippen molar-refractivity contribution in [3.05, 3.63) is 54.1 Å². The van der Waals surface area contributed by atoms with E-state index in [-0.39, 0.29) is 5.92 Å².